The van der Waals surface area contributed by atoms with Gasteiger partial charge >= 0.3 is 11.9 Å². The first-order valence-corrected chi connectivity index (χ1v) is 24.5. The molecule has 0 heterocycles. The number of esters is 2. The molecular weight excluding hydrogens is 693 g/mol. The van der Waals surface area contributed by atoms with E-state index in [1.807, 2.05) is 0 Å². The maximum absolute atomic E-state index is 12.2. The van der Waals surface area contributed by atoms with Crippen LogP contribution in [0.5, 0.6) is 0 Å². The van der Waals surface area contributed by atoms with Gasteiger partial charge < -0.3 is 14.6 Å². The molecule has 0 fully saturated rings. The lowest BCUT2D eigenvalue weighted by atomic mass is 10.0. The SMILES string of the molecule is CCCCCCC/C=C\C/C=C\C/C=C\CCCCCCCCCCC(=O)OC(CO)COC(=O)CCCCCCCCCCCCCCCCCCCCC. The number of allylic oxidation sites excluding steroid dienone is 6. The fraction of sp³-hybridized carbons (Fsp3) is 0.843. The average Bonchev–Trinajstić information content (AvgIpc) is 3.20. The number of aliphatic hydroxyl groups excluding tert-OH is 1. The Morgan fingerprint density at radius 2 is 0.714 bits per heavy atom. The molecule has 0 saturated heterocycles. The van der Waals surface area contributed by atoms with Gasteiger partial charge in [-0.05, 0) is 51.4 Å². The van der Waals surface area contributed by atoms with Gasteiger partial charge in [-0.15, -0.1) is 0 Å². The normalized spacial score (nSPS) is 12.4. The van der Waals surface area contributed by atoms with E-state index in [4.69, 9.17) is 9.47 Å². The van der Waals surface area contributed by atoms with Gasteiger partial charge in [0.15, 0.2) is 6.10 Å². The number of hydrogen-bond acceptors (Lipinski definition) is 5. The summed E-state index contributed by atoms with van der Waals surface area (Å²) in [5, 5.41) is 9.61. The average molecular weight is 787 g/mol. The second kappa shape index (κ2) is 47.5. The van der Waals surface area contributed by atoms with E-state index in [0.29, 0.717) is 12.8 Å². The van der Waals surface area contributed by atoms with Crippen molar-refractivity contribution in [3.8, 4) is 0 Å². The number of hydrogen-bond donors (Lipinski definition) is 1. The van der Waals surface area contributed by atoms with E-state index in [2.05, 4.69) is 50.3 Å². The Labute approximate surface area is 348 Å². The first kappa shape index (κ1) is 54.1. The van der Waals surface area contributed by atoms with Crippen LogP contribution < -0.4 is 0 Å². The molecule has 0 aromatic heterocycles. The van der Waals surface area contributed by atoms with Gasteiger partial charge in [0.2, 0.25) is 0 Å². The van der Waals surface area contributed by atoms with Crippen molar-refractivity contribution in [1.82, 2.24) is 0 Å². The van der Waals surface area contributed by atoms with Gasteiger partial charge in [-0.25, -0.2) is 0 Å². The van der Waals surface area contributed by atoms with Crippen molar-refractivity contribution in [2.75, 3.05) is 13.2 Å². The summed E-state index contributed by atoms with van der Waals surface area (Å²) in [4.78, 5) is 24.4. The quantitative estimate of drug-likeness (QED) is 0.0378. The first-order chi connectivity index (χ1) is 27.6. The fourth-order valence-electron chi connectivity index (χ4n) is 7.21. The summed E-state index contributed by atoms with van der Waals surface area (Å²) in [6.07, 6.45) is 59.4. The highest BCUT2D eigenvalue weighted by molar-refractivity contribution is 5.70. The van der Waals surface area contributed by atoms with Crippen molar-refractivity contribution in [3.05, 3.63) is 36.5 Å². The first-order valence-electron chi connectivity index (χ1n) is 24.5. The van der Waals surface area contributed by atoms with Crippen molar-refractivity contribution in [2.45, 2.75) is 264 Å². The van der Waals surface area contributed by atoms with Crippen LogP contribution in [0.3, 0.4) is 0 Å². The summed E-state index contributed by atoms with van der Waals surface area (Å²) in [7, 11) is 0. The zero-order chi connectivity index (χ0) is 40.7. The highest BCUT2D eigenvalue weighted by Gasteiger charge is 2.16. The fourth-order valence-corrected chi connectivity index (χ4v) is 7.21. The van der Waals surface area contributed by atoms with Gasteiger partial charge in [-0.2, -0.15) is 0 Å². The molecule has 5 heteroatoms. The molecule has 0 aliphatic carbocycles. The van der Waals surface area contributed by atoms with Gasteiger partial charge in [-0.1, -0.05) is 230 Å². The Morgan fingerprint density at radius 1 is 0.411 bits per heavy atom. The predicted molar refractivity (Wildman–Crippen MR) is 242 cm³/mol. The van der Waals surface area contributed by atoms with E-state index < -0.39 is 6.10 Å². The molecule has 0 rings (SSSR count). The second-order valence-electron chi connectivity index (χ2n) is 16.5. The Morgan fingerprint density at radius 3 is 1.07 bits per heavy atom. The minimum atomic E-state index is -0.773. The van der Waals surface area contributed by atoms with Crippen molar-refractivity contribution in [2.24, 2.45) is 0 Å². The highest BCUT2D eigenvalue weighted by Crippen LogP contribution is 2.16. The van der Waals surface area contributed by atoms with E-state index in [1.54, 1.807) is 0 Å². The van der Waals surface area contributed by atoms with E-state index in [0.717, 1.165) is 51.4 Å². The lowest BCUT2D eigenvalue weighted by Crippen LogP contribution is -2.28. The van der Waals surface area contributed by atoms with Gasteiger partial charge in [0.25, 0.3) is 0 Å². The van der Waals surface area contributed by atoms with Crippen molar-refractivity contribution in [1.29, 1.82) is 0 Å². The van der Waals surface area contributed by atoms with E-state index in [1.165, 1.54) is 180 Å². The Hall–Kier alpha value is -1.88. The number of ether oxygens (including phenoxy) is 2. The van der Waals surface area contributed by atoms with Gasteiger partial charge in [0.1, 0.15) is 6.61 Å². The lowest BCUT2D eigenvalue weighted by Gasteiger charge is -2.15. The number of rotatable bonds is 45. The van der Waals surface area contributed by atoms with Crippen LogP contribution in [0.4, 0.5) is 0 Å². The summed E-state index contributed by atoms with van der Waals surface area (Å²) < 4.78 is 10.7. The molecule has 328 valence electrons. The lowest BCUT2D eigenvalue weighted by molar-refractivity contribution is -0.161. The molecule has 56 heavy (non-hydrogen) atoms. The Kier molecular flexibility index (Phi) is 45.9. The molecule has 0 aliphatic heterocycles. The maximum Gasteiger partial charge on any atom is 0.306 e. The van der Waals surface area contributed by atoms with E-state index in [9.17, 15) is 14.7 Å². The molecule has 1 unspecified atom stereocenters. The molecule has 0 spiro atoms. The molecule has 1 atom stereocenters. The molecule has 0 bridgehead atoms. The van der Waals surface area contributed by atoms with Crippen molar-refractivity contribution in [3.63, 3.8) is 0 Å². The number of unbranched alkanes of at least 4 members (excludes halogenated alkanes) is 31. The minimum absolute atomic E-state index is 0.0652. The van der Waals surface area contributed by atoms with Crippen LogP contribution in [0, 0.1) is 0 Å². The van der Waals surface area contributed by atoms with E-state index in [-0.39, 0.29) is 25.2 Å². The maximum atomic E-state index is 12.2. The van der Waals surface area contributed by atoms with Gasteiger partial charge in [0, 0.05) is 12.8 Å². The van der Waals surface area contributed by atoms with Crippen LogP contribution in [0.15, 0.2) is 36.5 Å². The summed E-state index contributed by atoms with van der Waals surface area (Å²) in [5.41, 5.74) is 0. The van der Waals surface area contributed by atoms with Gasteiger partial charge in [0.05, 0.1) is 6.61 Å². The minimum Gasteiger partial charge on any atom is -0.462 e. The zero-order valence-corrected chi connectivity index (χ0v) is 37.4. The third-order valence-corrected chi connectivity index (χ3v) is 10.9. The second-order valence-corrected chi connectivity index (χ2v) is 16.5. The smallest absolute Gasteiger partial charge is 0.306 e. The van der Waals surface area contributed by atoms with Crippen LogP contribution in [0.2, 0.25) is 0 Å². The molecule has 0 amide bonds. The summed E-state index contributed by atoms with van der Waals surface area (Å²) >= 11 is 0. The van der Waals surface area contributed by atoms with Crippen molar-refractivity contribution >= 4 is 11.9 Å². The molecule has 0 radical (unpaired) electrons. The summed E-state index contributed by atoms with van der Waals surface area (Å²) in [6, 6.07) is 0. The van der Waals surface area contributed by atoms with Crippen LogP contribution in [0.1, 0.15) is 258 Å². The molecule has 0 aliphatic rings. The molecular formula is C51H94O5. The molecule has 0 aromatic carbocycles. The molecule has 0 saturated carbocycles. The number of carbonyl (C=O) groups excluding carboxylic acids is 2. The van der Waals surface area contributed by atoms with Crippen LogP contribution >= 0.6 is 0 Å². The third kappa shape index (κ3) is 44.8. The molecule has 5 nitrogen and oxygen atoms in total. The highest BCUT2D eigenvalue weighted by atomic mass is 16.6. The van der Waals surface area contributed by atoms with E-state index >= 15 is 0 Å². The van der Waals surface area contributed by atoms with Crippen LogP contribution in [-0.4, -0.2) is 36.4 Å². The number of aliphatic hydroxyl groups is 1. The van der Waals surface area contributed by atoms with Crippen LogP contribution in [-0.2, 0) is 19.1 Å². The standard InChI is InChI=1S/C51H94O5/c1-3-5-7-9-11-13-15-17-19-21-23-24-25-26-28-30-32-34-36-38-40-42-44-46-51(54)56-49(47-52)48-55-50(53)45-43-41-39-37-35-33-31-29-27-22-20-18-16-14-12-10-8-6-4-2/h15,17,21,23,25-26,49,52H,3-14,16,18-20,22,24,27-48H2,1-2H3/b17-15-,23-21-,26-25-. The van der Waals surface area contributed by atoms with Gasteiger partial charge in [-0.3, -0.25) is 9.59 Å². The predicted octanol–water partition coefficient (Wildman–Crippen LogP) is 16.0. The Bertz CT molecular complexity index is 893. The Balaban J connectivity index is 3.51. The summed E-state index contributed by atoms with van der Waals surface area (Å²) in [5.74, 6) is -0.587. The van der Waals surface area contributed by atoms with Crippen LogP contribution in [0.25, 0.3) is 0 Å². The third-order valence-electron chi connectivity index (χ3n) is 10.9. The zero-order valence-electron chi connectivity index (χ0n) is 37.4. The van der Waals surface area contributed by atoms with Crippen molar-refractivity contribution < 1.29 is 24.2 Å². The largest absolute Gasteiger partial charge is 0.462 e. The topological polar surface area (TPSA) is 72.8 Å². The molecule has 1 N–H and O–H groups in total. The molecule has 0 aromatic rings. The number of carbonyl (C=O) groups is 2. The summed E-state index contributed by atoms with van der Waals surface area (Å²) in [6.45, 7) is 4.15. The monoisotopic (exact) mass is 787 g/mol.